The number of amides is 1. The van der Waals surface area contributed by atoms with Crippen molar-refractivity contribution in [3.63, 3.8) is 0 Å². The van der Waals surface area contributed by atoms with E-state index in [4.69, 9.17) is 51.4 Å². The van der Waals surface area contributed by atoms with E-state index in [-0.39, 0.29) is 5.91 Å². The second-order valence-corrected chi connectivity index (χ2v) is 8.92. The van der Waals surface area contributed by atoms with E-state index in [1.807, 2.05) is 26.0 Å². The molecule has 0 bridgehead atoms. The Morgan fingerprint density at radius 3 is 2.29 bits per heavy atom. The first-order valence-electron chi connectivity index (χ1n) is 9.37. The Morgan fingerprint density at radius 1 is 0.839 bits per heavy atom. The fraction of sp³-hybridized carbons (Fsp3) is 0.0833. The van der Waals surface area contributed by atoms with Gasteiger partial charge in [0.25, 0.3) is 5.91 Å². The van der Waals surface area contributed by atoms with Crippen LogP contribution in [0.5, 0.6) is 0 Å². The molecular weight excluding hydrogens is 474 g/mol. The van der Waals surface area contributed by atoms with Gasteiger partial charge in [0.15, 0.2) is 0 Å². The molecule has 1 N–H and O–H groups in total. The highest BCUT2D eigenvalue weighted by Crippen LogP contribution is 2.34. The van der Waals surface area contributed by atoms with Crippen molar-refractivity contribution in [3.05, 3.63) is 91.4 Å². The number of carbonyl (C=O) groups excluding carboxylic acids is 1. The second kappa shape index (κ2) is 8.68. The summed E-state index contributed by atoms with van der Waals surface area (Å²) in [5.74, 6) is -0.326. The summed E-state index contributed by atoms with van der Waals surface area (Å²) < 4.78 is 0. The lowest BCUT2D eigenvalue weighted by atomic mass is 9.99. The largest absolute Gasteiger partial charge is 0.321 e. The molecule has 0 aliphatic rings. The number of fused-ring (bicyclic) bond motifs is 1. The molecule has 0 fully saturated rings. The van der Waals surface area contributed by atoms with E-state index in [1.165, 1.54) is 0 Å². The van der Waals surface area contributed by atoms with Crippen LogP contribution in [0.1, 0.15) is 21.5 Å². The van der Waals surface area contributed by atoms with Crippen molar-refractivity contribution < 1.29 is 4.79 Å². The number of rotatable bonds is 3. The van der Waals surface area contributed by atoms with E-state index in [9.17, 15) is 4.79 Å². The number of nitrogens with one attached hydrogen (secondary N) is 1. The van der Waals surface area contributed by atoms with E-state index in [1.54, 1.807) is 42.5 Å². The molecule has 0 radical (unpaired) electrons. The molecule has 0 spiro atoms. The Labute approximate surface area is 199 Å². The third-order valence-corrected chi connectivity index (χ3v) is 5.99. The summed E-state index contributed by atoms with van der Waals surface area (Å²) in [5.41, 5.74) is 4.84. The first-order chi connectivity index (χ1) is 14.7. The van der Waals surface area contributed by atoms with Gasteiger partial charge in [0.05, 0.1) is 32.5 Å². The number of carbonyl (C=O) groups is 1. The van der Waals surface area contributed by atoms with Gasteiger partial charge in [-0.25, -0.2) is 4.98 Å². The van der Waals surface area contributed by atoms with Gasteiger partial charge in [-0.1, -0.05) is 58.0 Å². The molecule has 7 heteroatoms. The number of hydrogen-bond donors (Lipinski definition) is 1. The fourth-order valence-corrected chi connectivity index (χ4v) is 4.33. The SMILES string of the molecule is Cc1cc(C)c2nc(-c3ccc(Cl)cc3Cl)cc(C(=O)Nc3cc(Cl)ccc3Cl)c2c1. The zero-order valence-electron chi connectivity index (χ0n) is 16.6. The number of benzene rings is 3. The lowest BCUT2D eigenvalue weighted by molar-refractivity contribution is 0.102. The van der Waals surface area contributed by atoms with Crippen LogP contribution in [-0.4, -0.2) is 10.9 Å². The van der Waals surface area contributed by atoms with Crippen molar-refractivity contribution in [2.24, 2.45) is 0 Å². The summed E-state index contributed by atoms with van der Waals surface area (Å²) in [4.78, 5) is 18.1. The maximum absolute atomic E-state index is 13.3. The minimum Gasteiger partial charge on any atom is -0.321 e. The van der Waals surface area contributed by atoms with Gasteiger partial charge in [-0.05, 0) is 67.9 Å². The van der Waals surface area contributed by atoms with Gasteiger partial charge in [-0.2, -0.15) is 0 Å². The first-order valence-corrected chi connectivity index (χ1v) is 10.9. The molecule has 0 aliphatic heterocycles. The molecule has 0 aliphatic carbocycles. The molecule has 1 amide bonds. The van der Waals surface area contributed by atoms with Gasteiger partial charge >= 0.3 is 0 Å². The van der Waals surface area contributed by atoms with Gasteiger partial charge in [0, 0.05) is 21.0 Å². The maximum atomic E-state index is 13.3. The van der Waals surface area contributed by atoms with Crippen molar-refractivity contribution in [3.8, 4) is 11.3 Å². The number of anilines is 1. The predicted molar refractivity (Wildman–Crippen MR) is 131 cm³/mol. The molecule has 0 saturated carbocycles. The Hall–Kier alpha value is -2.30. The normalized spacial score (nSPS) is 11.0. The lowest BCUT2D eigenvalue weighted by Gasteiger charge is -2.14. The molecule has 1 aromatic heterocycles. The molecule has 4 aromatic rings. The van der Waals surface area contributed by atoms with Crippen LogP contribution in [0.25, 0.3) is 22.2 Å². The van der Waals surface area contributed by atoms with E-state index in [0.717, 1.165) is 22.0 Å². The minimum atomic E-state index is -0.326. The van der Waals surface area contributed by atoms with Crippen molar-refractivity contribution >= 4 is 68.9 Å². The van der Waals surface area contributed by atoms with Crippen LogP contribution in [0.15, 0.2) is 54.6 Å². The fourth-order valence-electron chi connectivity index (χ4n) is 3.49. The number of hydrogen-bond acceptors (Lipinski definition) is 2. The van der Waals surface area contributed by atoms with Crippen LogP contribution in [0, 0.1) is 13.8 Å². The molecule has 0 atom stereocenters. The van der Waals surface area contributed by atoms with Crippen molar-refractivity contribution in [1.82, 2.24) is 4.98 Å². The smallest absolute Gasteiger partial charge is 0.256 e. The van der Waals surface area contributed by atoms with Crippen LogP contribution < -0.4 is 5.32 Å². The van der Waals surface area contributed by atoms with Gasteiger partial charge in [0.2, 0.25) is 0 Å². The van der Waals surface area contributed by atoms with Gasteiger partial charge in [-0.3, -0.25) is 4.79 Å². The number of aryl methyl sites for hydroxylation is 2. The summed E-state index contributed by atoms with van der Waals surface area (Å²) in [5, 5.41) is 5.44. The van der Waals surface area contributed by atoms with E-state index in [0.29, 0.717) is 42.6 Å². The number of aromatic nitrogens is 1. The third-order valence-electron chi connectivity index (χ3n) is 4.88. The molecule has 31 heavy (non-hydrogen) atoms. The average Bonchev–Trinajstić information content (AvgIpc) is 2.70. The molecule has 0 saturated heterocycles. The molecular formula is C24H16Cl4N2O. The highest BCUT2D eigenvalue weighted by molar-refractivity contribution is 6.37. The molecule has 1 heterocycles. The summed E-state index contributed by atoms with van der Waals surface area (Å²) in [6.07, 6.45) is 0. The zero-order chi connectivity index (χ0) is 22.3. The highest BCUT2D eigenvalue weighted by Gasteiger charge is 2.18. The molecule has 156 valence electrons. The number of pyridine rings is 1. The molecule has 3 aromatic carbocycles. The average molecular weight is 490 g/mol. The van der Waals surface area contributed by atoms with Crippen molar-refractivity contribution in [1.29, 1.82) is 0 Å². The maximum Gasteiger partial charge on any atom is 0.256 e. The number of nitrogens with zero attached hydrogens (tertiary/aromatic N) is 1. The summed E-state index contributed by atoms with van der Waals surface area (Å²) >= 11 is 24.8. The zero-order valence-corrected chi connectivity index (χ0v) is 19.6. The van der Waals surface area contributed by atoms with Crippen molar-refractivity contribution in [2.75, 3.05) is 5.32 Å². The molecule has 0 unspecified atom stereocenters. The minimum absolute atomic E-state index is 0.326. The third kappa shape index (κ3) is 4.51. The summed E-state index contributed by atoms with van der Waals surface area (Å²) in [6, 6.07) is 15.8. The van der Waals surface area contributed by atoms with E-state index in [2.05, 4.69) is 5.32 Å². The quantitative estimate of drug-likeness (QED) is 0.314. The van der Waals surface area contributed by atoms with E-state index >= 15 is 0 Å². The predicted octanol–water partition coefficient (Wildman–Crippen LogP) is 8.38. The Bertz CT molecular complexity index is 1350. The van der Waals surface area contributed by atoms with Gasteiger partial charge in [0.1, 0.15) is 0 Å². The molecule has 4 rings (SSSR count). The lowest BCUT2D eigenvalue weighted by Crippen LogP contribution is -2.14. The Kier molecular flexibility index (Phi) is 6.14. The van der Waals surface area contributed by atoms with Gasteiger partial charge in [-0.15, -0.1) is 0 Å². The molecule has 3 nitrogen and oxygen atoms in total. The summed E-state index contributed by atoms with van der Waals surface area (Å²) in [7, 11) is 0. The van der Waals surface area contributed by atoms with Crippen LogP contribution in [-0.2, 0) is 0 Å². The van der Waals surface area contributed by atoms with Crippen LogP contribution in [0.3, 0.4) is 0 Å². The monoisotopic (exact) mass is 488 g/mol. The highest BCUT2D eigenvalue weighted by atomic mass is 35.5. The van der Waals surface area contributed by atoms with Crippen LogP contribution in [0.4, 0.5) is 5.69 Å². The van der Waals surface area contributed by atoms with Gasteiger partial charge < -0.3 is 5.32 Å². The van der Waals surface area contributed by atoms with Crippen molar-refractivity contribution in [2.45, 2.75) is 13.8 Å². The topological polar surface area (TPSA) is 42.0 Å². The van der Waals surface area contributed by atoms with Crippen LogP contribution >= 0.6 is 46.4 Å². The van der Waals surface area contributed by atoms with E-state index < -0.39 is 0 Å². The summed E-state index contributed by atoms with van der Waals surface area (Å²) in [6.45, 7) is 3.94. The van der Waals surface area contributed by atoms with Crippen LogP contribution in [0.2, 0.25) is 20.1 Å². The standard InChI is InChI=1S/C24H16Cl4N2O/c1-12-7-13(2)23-17(8-12)18(24(31)30-22-10-15(26)4-6-19(22)27)11-21(29-23)16-5-3-14(25)9-20(16)28/h3-11H,1-2H3,(H,30,31). The second-order valence-electron chi connectivity index (χ2n) is 7.24. The Balaban J connectivity index is 1.92. The number of halogens is 4. The Morgan fingerprint density at radius 2 is 1.55 bits per heavy atom. The first kappa shape index (κ1) is 21.9.